The van der Waals surface area contributed by atoms with Crippen LogP contribution in [-0.2, 0) is 0 Å². The van der Waals surface area contributed by atoms with Crippen molar-refractivity contribution in [2.24, 2.45) is 0 Å². The minimum Gasteiger partial charge on any atom is -0.387 e. The third kappa shape index (κ3) is 4.68. The summed E-state index contributed by atoms with van der Waals surface area (Å²) in [6.45, 7) is 3.27. The zero-order valence-corrected chi connectivity index (χ0v) is 9.71. The molecule has 84 valence electrons. The molecule has 0 aliphatic carbocycles. The summed E-state index contributed by atoms with van der Waals surface area (Å²) in [6, 6.07) is 2.08. The van der Waals surface area contributed by atoms with Crippen molar-refractivity contribution in [2.45, 2.75) is 32.6 Å². The summed E-state index contributed by atoms with van der Waals surface area (Å²) in [5, 5.41) is 6.45. The second-order valence-electron chi connectivity index (χ2n) is 3.70. The van der Waals surface area contributed by atoms with E-state index in [0.29, 0.717) is 0 Å². The molecule has 0 aliphatic rings. The highest BCUT2D eigenvalue weighted by Crippen LogP contribution is 2.12. The fourth-order valence-corrected chi connectivity index (χ4v) is 1.46. The van der Waals surface area contributed by atoms with Crippen LogP contribution in [0.5, 0.6) is 0 Å². The Morgan fingerprint density at radius 2 is 1.93 bits per heavy atom. The Balaban J connectivity index is 2.24. The molecule has 1 aromatic heterocycles. The largest absolute Gasteiger partial charge is 0.387 e. The zero-order valence-electron chi connectivity index (χ0n) is 9.71. The van der Waals surface area contributed by atoms with Crippen LogP contribution >= 0.6 is 0 Å². The van der Waals surface area contributed by atoms with Crippen LogP contribution in [0.3, 0.4) is 0 Å². The highest BCUT2D eigenvalue weighted by Gasteiger charge is 1.94. The van der Waals surface area contributed by atoms with Crippen molar-refractivity contribution in [3.05, 3.63) is 18.5 Å². The third-order valence-corrected chi connectivity index (χ3v) is 2.39. The Morgan fingerprint density at radius 1 is 1.13 bits per heavy atom. The van der Waals surface area contributed by atoms with Gasteiger partial charge in [-0.3, -0.25) is 4.98 Å². The highest BCUT2D eigenvalue weighted by molar-refractivity contribution is 5.53. The predicted octanol–water partition coefficient (Wildman–Crippen LogP) is 3.12. The predicted molar refractivity (Wildman–Crippen MR) is 66.4 cm³/mol. The van der Waals surface area contributed by atoms with Gasteiger partial charge in [-0.2, -0.15) is 0 Å². The van der Waals surface area contributed by atoms with E-state index >= 15 is 0 Å². The molecule has 0 saturated heterocycles. The second-order valence-corrected chi connectivity index (χ2v) is 3.70. The molecular formula is C12H21N3. The van der Waals surface area contributed by atoms with E-state index in [2.05, 4.69) is 28.6 Å². The summed E-state index contributed by atoms with van der Waals surface area (Å²) in [6.07, 6.45) is 8.84. The third-order valence-electron chi connectivity index (χ3n) is 2.39. The standard InChI is InChI=1S/C12H21N3/c1-3-4-5-6-7-15-12-8-11(13-2)9-14-10-12/h8-10,13,15H,3-7H2,1-2H3. The van der Waals surface area contributed by atoms with Crippen LogP contribution in [-0.4, -0.2) is 18.6 Å². The first-order chi connectivity index (χ1) is 7.36. The lowest BCUT2D eigenvalue weighted by Crippen LogP contribution is -2.02. The van der Waals surface area contributed by atoms with Gasteiger partial charge >= 0.3 is 0 Å². The number of hydrogen-bond donors (Lipinski definition) is 2. The van der Waals surface area contributed by atoms with E-state index < -0.39 is 0 Å². The van der Waals surface area contributed by atoms with Gasteiger partial charge in [-0.05, 0) is 12.5 Å². The van der Waals surface area contributed by atoms with Gasteiger partial charge in [0, 0.05) is 13.6 Å². The molecule has 1 heterocycles. The van der Waals surface area contributed by atoms with Crippen LogP contribution in [0.4, 0.5) is 11.4 Å². The van der Waals surface area contributed by atoms with E-state index in [9.17, 15) is 0 Å². The molecule has 0 saturated carbocycles. The molecule has 2 N–H and O–H groups in total. The first-order valence-electron chi connectivity index (χ1n) is 5.73. The normalized spacial score (nSPS) is 10.0. The van der Waals surface area contributed by atoms with Gasteiger partial charge in [-0.15, -0.1) is 0 Å². The Morgan fingerprint density at radius 3 is 2.67 bits per heavy atom. The molecule has 0 fully saturated rings. The first kappa shape index (κ1) is 11.8. The zero-order chi connectivity index (χ0) is 10.9. The van der Waals surface area contributed by atoms with E-state index in [1.807, 2.05) is 19.4 Å². The van der Waals surface area contributed by atoms with Crippen LogP contribution < -0.4 is 10.6 Å². The monoisotopic (exact) mass is 207 g/mol. The van der Waals surface area contributed by atoms with Gasteiger partial charge in [-0.1, -0.05) is 26.2 Å². The van der Waals surface area contributed by atoms with E-state index in [1.165, 1.54) is 25.7 Å². The average molecular weight is 207 g/mol. The van der Waals surface area contributed by atoms with Crippen molar-refractivity contribution in [1.82, 2.24) is 4.98 Å². The van der Waals surface area contributed by atoms with Crippen molar-refractivity contribution in [1.29, 1.82) is 0 Å². The van der Waals surface area contributed by atoms with Gasteiger partial charge in [0.1, 0.15) is 0 Å². The van der Waals surface area contributed by atoms with Crippen molar-refractivity contribution in [3.63, 3.8) is 0 Å². The summed E-state index contributed by atoms with van der Waals surface area (Å²) in [5.41, 5.74) is 2.15. The van der Waals surface area contributed by atoms with Crippen LogP contribution in [0.15, 0.2) is 18.5 Å². The smallest absolute Gasteiger partial charge is 0.0547 e. The Labute approximate surface area is 92.3 Å². The molecule has 0 bridgehead atoms. The van der Waals surface area contributed by atoms with Gasteiger partial charge < -0.3 is 10.6 Å². The molecule has 0 aliphatic heterocycles. The van der Waals surface area contributed by atoms with Crippen molar-refractivity contribution >= 4 is 11.4 Å². The Hall–Kier alpha value is -1.25. The average Bonchev–Trinajstić information content (AvgIpc) is 2.29. The molecule has 1 rings (SSSR count). The molecular weight excluding hydrogens is 186 g/mol. The molecule has 0 atom stereocenters. The molecule has 0 radical (unpaired) electrons. The minimum atomic E-state index is 1.04. The summed E-state index contributed by atoms with van der Waals surface area (Å²) in [7, 11) is 1.90. The second kappa shape index (κ2) is 7.10. The number of hydrogen-bond acceptors (Lipinski definition) is 3. The van der Waals surface area contributed by atoms with E-state index in [4.69, 9.17) is 0 Å². The van der Waals surface area contributed by atoms with Gasteiger partial charge in [0.05, 0.1) is 23.8 Å². The fraction of sp³-hybridized carbons (Fsp3) is 0.583. The summed E-state index contributed by atoms with van der Waals surface area (Å²) >= 11 is 0. The van der Waals surface area contributed by atoms with Crippen molar-refractivity contribution in [3.8, 4) is 0 Å². The van der Waals surface area contributed by atoms with E-state index in [0.717, 1.165) is 17.9 Å². The number of rotatable bonds is 7. The quantitative estimate of drug-likeness (QED) is 0.674. The fourth-order valence-electron chi connectivity index (χ4n) is 1.46. The first-order valence-corrected chi connectivity index (χ1v) is 5.73. The minimum absolute atomic E-state index is 1.04. The van der Waals surface area contributed by atoms with Gasteiger partial charge in [0.2, 0.25) is 0 Å². The number of anilines is 2. The highest BCUT2D eigenvalue weighted by atomic mass is 14.9. The van der Waals surface area contributed by atoms with Gasteiger partial charge in [0.25, 0.3) is 0 Å². The van der Waals surface area contributed by atoms with E-state index in [1.54, 1.807) is 0 Å². The number of nitrogens with one attached hydrogen (secondary N) is 2. The van der Waals surface area contributed by atoms with Crippen LogP contribution in [0.25, 0.3) is 0 Å². The summed E-state index contributed by atoms with van der Waals surface area (Å²) < 4.78 is 0. The summed E-state index contributed by atoms with van der Waals surface area (Å²) in [4.78, 5) is 4.15. The lowest BCUT2D eigenvalue weighted by atomic mass is 10.2. The van der Waals surface area contributed by atoms with Crippen LogP contribution in [0.1, 0.15) is 32.6 Å². The maximum Gasteiger partial charge on any atom is 0.0547 e. The molecule has 0 spiro atoms. The van der Waals surface area contributed by atoms with Crippen LogP contribution in [0.2, 0.25) is 0 Å². The summed E-state index contributed by atoms with van der Waals surface area (Å²) in [5.74, 6) is 0. The molecule has 0 aromatic carbocycles. The molecule has 15 heavy (non-hydrogen) atoms. The number of nitrogens with zero attached hydrogens (tertiary/aromatic N) is 1. The number of pyridine rings is 1. The SMILES string of the molecule is CCCCCCNc1cncc(NC)c1. The molecule has 0 amide bonds. The molecule has 3 heteroatoms. The van der Waals surface area contributed by atoms with Crippen molar-refractivity contribution in [2.75, 3.05) is 24.2 Å². The lowest BCUT2D eigenvalue weighted by Gasteiger charge is -2.07. The van der Waals surface area contributed by atoms with Gasteiger partial charge in [-0.25, -0.2) is 0 Å². The lowest BCUT2D eigenvalue weighted by molar-refractivity contribution is 0.685. The topological polar surface area (TPSA) is 37.0 Å². The maximum atomic E-state index is 4.15. The number of unbranched alkanes of at least 4 members (excludes halogenated alkanes) is 3. The van der Waals surface area contributed by atoms with Crippen LogP contribution in [0, 0.1) is 0 Å². The van der Waals surface area contributed by atoms with Crippen molar-refractivity contribution < 1.29 is 0 Å². The molecule has 1 aromatic rings. The number of aromatic nitrogens is 1. The Kier molecular flexibility index (Phi) is 5.59. The molecule has 3 nitrogen and oxygen atoms in total. The Bertz CT molecular complexity index is 273. The molecule has 0 unspecified atom stereocenters. The maximum absolute atomic E-state index is 4.15. The van der Waals surface area contributed by atoms with Gasteiger partial charge in [0.15, 0.2) is 0 Å². The van der Waals surface area contributed by atoms with E-state index in [-0.39, 0.29) is 0 Å².